The van der Waals surface area contributed by atoms with Gasteiger partial charge in [-0.25, -0.2) is 4.79 Å². The standard InChI is InChI=1S/C16H24N2O3/c1-21-15(14-5-3-2-4-6-14)11-17-16(20)18-9-7-13(12-19)8-10-18/h2-6,13,15,19H,7-12H2,1H3,(H,17,20). The maximum Gasteiger partial charge on any atom is 0.317 e. The van der Waals surface area contributed by atoms with E-state index in [0.29, 0.717) is 25.6 Å². The number of aliphatic hydroxyl groups is 1. The molecule has 5 nitrogen and oxygen atoms in total. The second-order valence-corrected chi connectivity index (χ2v) is 5.43. The molecule has 5 heteroatoms. The second-order valence-electron chi connectivity index (χ2n) is 5.43. The molecule has 0 spiro atoms. The molecule has 116 valence electrons. The second kappa shape index (κ2) is 8.00. The molecule has 1 fully saturated rings. The van der Waals surface area contributed by atoms with Crippen LogP contribution >= 0.6 is 0 Å². The van der Waals surface area contributed by atoms with Crippen LogP contribution in [0.2, 0.25) is 0 Å². The summed E-state index contributed by atoms with van der Waals surface area (Å²) >= 11 is 0. The Morgan fingerprint density at radius 2 is 2.05 bits per heavy atom. The number of benzene rings is 1. The molecule has 1 aliphatic heterocycles. The van der Waals surface area contributed by atoms with Crippen LogP contribution in [0.15, 0.2) is 30.3 Å². The number of likely N-dealkylation sites (tertiary alicyclic amines) is 1. The molecule has 0 aliphatic carbocycles. The van der Waals surface area contributed by atoms with Crippen molar-refractivity contribution in [2.45, 2.75) is 18.9 Å². The number of amides is 2. The fourth-order valence-corrected chi connectivity index (χ4v) is 2.62. The van der Waals surface area contributed by atoms with E-state index in [-0.39, 0.29) is 18.7 Å². The van der Waals surface area contributed by atoms with Crippen molar-refractivity contribution >= 4 is 6.03 Å². The minimum Gasteiger partial charge on any atom is -0.396 e. The van der Waals surface area contributed by atoms with Crippen LogP contribution < -0.4 is 5.32 Å². The summed E-state index contributed by atoms with van der Waals surface area (Å²) in [4.78, 5) is 14.0. The number of ether oxygens (including phenoxy) is 1. The van der Waals surface area contributed by atoms with Crippen molar-refractivity contribution in [3.8, 4) is 0 Å². The van der Waals surface area contributed by atoms with Crippen LogP contribution in [0.5, 0.6) is 0 Å². The Morgan fingerprint density at radius 1 is 1.38 bits per heavy atom. The molecule has 1 aromatic rings. The van der Waals surface area contributed by atoms with E-state index in [2.05, 4.69) is 5.32 Å². The zero-order valence-electron chi connectivity index (χ0n) is 12.5. The van der Waals surface area contributed by atoms with Crippen molar-refractivity contribution in [1.82, 2.24) is 10.2 Å². The number of methoxy groups -OCH3 is 1. The number of rotatable bonds is 5. The van der Waals surface area contributed by atoms with Crippen LogP contribution in [-0.4, -0.2) is 49.4 Å². The number of carbonyl (C=O) groups is 1. The van der Waals surface area contributed by atoms with Gasteiger partial charge in [-0.2, -0.15) is 0 Å². The Kier molecular flexibility index (Phi) is 6.02. The Hall–Kier alpha value is -1.59. The molecule has 0 bridgehead atoms. The highest BCUT2D eigenvalue weighted by Gasteiger charge is 2.22. The highest BCUT2D eigenvalue weighted by atomic mass is 16.5. The van der Waals surface area contributed by atoms with Gasteiger partial charge >= 0.3 is 6.03 Å². The number of hydrogen-bond donors (Lipinski definition) is 2. The molecule has 1 aromatic carbocycles. The van der Waals surface area contributed by atoms with E-state index in [1.807, 2.05) is 35.2 Å². The number of urea groups is 1. The number of aliphatic hydroxyl groups excluding tert-OH is 1. The fraction of sp³-hybridized carbons (Fsp3) is 0.562. The van der Waals surface area contributed by atoms with Crippen molar-refractivity contribution in [2.24, 2.45) is 5.92 Å². The number of nitrogens with zero attached hydrogens (tertiary/aromatic N) is 1. The summed E-state index contributed by atoms with van der Waals surface area (Å²) < 4.78 is 5.44. The van der Waals surface area contributed by atoms with Gasteiger partial charge in [-0.3, -0.25) is 0 Å². The van der Waals surface area contributed by atoms with E-state index in [1.54, 1.807) is 7.11 Å². The molecular formula is C16H24N2O3. The molecule has 1 heterocycles. The van der Waals surface area contributed by atoms with Crippen LogP contribution in [0.4, 0.5) is 4.79 Å². The van der Waals surface area contributed by atoms with Crippen LogP contribution in [0.25, 0.3) is 0 Å². The summed E-state index contributed by atoms with van der Waals surface area (Å²) in [7, 11) is 1.65. The minimum absolute atomic E-state index is 0.0515. The third kappa shape index (κ3) is 4.44. The van der Waals surface area contributed by atoms with E-state index in [0.717, 1.165) is 18.4 Å². The first-order valence-electron chi connectivity index (χ1n) is 7.46. The molecule has 1 saturated heterocycles. The largest absolute Gasteiger partial charge is 0.396 e. The predicted molar refractivity (Wildman–Crippen MR) is 81.0 cm³/mol. The Balaban J connectivity index is 1.80. The van der Waals surface area contributed by atoms with E-state index in [1.165, 1.54) is 0 Å². The van der Waals surface area contributed by atoms with Gasteiger partial charge < -0.3 is 20.1 Å². The van der Waals surface area contributed by atoms with Gasteiger partial charge in [-0.15, -0.1) is 0 Å². The topological polar surface area (TPSA) is 61.8 Å². The van der Waals surface area contributed by atoms with Crippen molar-refractivity contribution in [1.29, 1.82) is 0 Å². The van der Waals surface area contributed by atoms with Crippen LogP contribution in [0, 0.1) is 5.92 Å². The van der Waals surface area contributed by atoms with E-state index in [4.69, 9.17) is 9.84 Å². The van der Waals surface area contributed by atoms with Gasteiger partial charge in [0, 0.05) is 33.4 Å². The van der Waals surface area contributed by atoms with Crippen molar-refractivity contribution < 1.29 is 14.6 Å². The highest BCUT2D eigenvalue weighted by molar-refractivity contribution is 5.74. The highest BCUT2D eigenvalue weighted by Crippen LogP contribution is 2.17. The molecule has 1 unspecified atom stereocenters. The van der Waals surface area contributed by atoms with Crippen LogP contribution in [0.1, 0.15) is 24.5 Å². The Labute approximate surface area is 125 Å². The third-order valence-electron chi connectivity index (χ3n) is 4.05. The molecule has 1 atom stereocenters. The molecule has 2 amide bonds. The summed E-state index contributed by atoms with van der Waals surface area (Å²) in [6.45, 7) is 2.09. The molecule has 0 saturated carbocycles. The number of carbonyl (C=O) groups excluding carboxylic acids is 1. The summed E-state index contributed by atoms with van der Waals surface area (Å²) in [5.74, 6) is 0.338. The maximum absolute atomic E-state index is 12.1. The maximum atomic E-state index is 12.1. The van der Waals surface area contributed by atoms with Crippen LogP contribution in [-0.2, 0) is 4.74 Å². The molecule has 2 N–H and O–H groups in total. The van der Waals surface area contributed by atoms with Crippen molar-refractivity contribution in [2.75, 3.05) is 33.4 Å². The van der Waals surface area contributed by atoms with E-state index >= 15 is 0 Å². The van der Waals surface area contributed by atoms with Gasteiger partial charge in [0.15, 0.2) is 0 Å². The zero-order chi connectivity index (χ0) is 15.1. The summed E-state index contributed by atoms with van der Waals surface area (Å²) in [6.07, 6.45) is 1.61. The van der Waals surface area contributed by atoms with Gasteiger partial charge in [-0.05, 0) is 24.3 Å². The van der Waals surface area contributed by atoms with E-state index in [9.17, 15) is 4.79 Å². The SMILES string of the molecule is COC(CNC(=O)N1CCC(CO)CC1)c1ccccc1. The zero-order valence-corrected chi connectivity index (χ0v) is 12.5. The first kappa shape index (κ1) is 15.8. The number of piperidine rings is 1. The summed E-state index contributed by atoms with van der Waals surface area (Å²) in [6, 6.07) is 9.82. The molecule has 21 heavy (non-hydrogen) atoms. The smallest absolute Gasteiger partial charge is 0.317 e. The lowest BCUT2D eigenvalue weighted by Gasteiger charge is -2.31. The van der Waals surface area contributed by atoms with Crippen molar-refractivity contribution in [3.63, 3.8) is 0 Å². The van der Waals surface area contributed by atoms with Gasteiger partial charge in [0.25, 0.3) is 0 Å². The monoisotopic (exact) mass is 292 g/mol. The first-order valence-corrected chi connectivity index (χ1v) is 7.46. The number of hydrogen-bond acceptors (Lipinski definition) is 3. The summed E-state index contributed by atoms with van der Waals surface area (Å²) in [5.41, 5.74) is 1.05. The molecule has 1 aliphatic rings. The van der Waals surface area contributed by atoms with Gasteiger partial charge in [0.1, 0.15) is 0 Å². The average Bonchev–Trinajstić information content (AvgIpc) is 2.56. The molecule has 0 radical (unpaired) electrons. The van der Waals surface area contributed by atoms with Gasteiger partial charge in [0.2, 0.25) is 0 Å². The van der Waals surface area contributed by atoms with Gasteiger partial charge in [0.05, 0.1) is 6.10 Å². The quantitative estimate of drug-likeness (QED) is 0.869. The molecule has 0 aromatic heterocycles. The van der Waals surface area contributed by atoms with Crippen LogP contribution in [0.3, 0.4) is 0 Å². The lowest BCUT2D eigenvalue weighted by atomic mass is 9.98. The lowest BCUT2D eigenvalue weighted by molar-refractivity contribution is 0.0980. The van der Waals surface area contributed by atoms with E-state index < -0.39 is 0 Å². The Bertz CT molecular complexity index is 430. The minimum atomic E-state index is -0.134. The first-order chi connectivity index (χ1) is 10.2. The average molecular weight is 292 g/mol. The molecular weight excluding hydrogens is 268 g/mol. The lowest BCUT2D eigenvalue weighted by Crippen LogP contribution is -2.46. The number of nitrogens with one attached hydrogen (secondary N) is 1. The third-order valence-corrected chi connectivity index (χ3v) is 4.05. The fourth-order valence-electron chi connectivity index (χ4n) is 2.62. The van der Waals surface area contributed by atoms with Crippen molar-refractivity contribution in [3.05, 3.63) is 35.9 Å². The summed E-state index contributed by atoms with van der Waals surface area (Å²) in [5, 5.41) is 12.0. The molecule has 2 rings (SSSR count). The normalized spacial score (nSPS) is 17.5. The predicted octanol–water partition coefficient (Wildman–Crippen LogP) is 1.79. The Morgan fingerprint density at radius 3 is 2.62 bits per heavy atom. The van der Waals surface area contributed by atoms with Gasteiger partial charge in [-0.1, -0.05) is 30.3 Å².